The summed E-state index contributed by atoms with van der Waals surface area (Å²) in [5, 5.41) is 6.20. The van der Waals surface area contributed by atoms with E-state index in [0.29, 0.717) is 20.9 Å². The number of methoxy groups -OCH3 is 1. The van der Waals surface area contributed by atoms with Gasteiger partial charge in [0.05, 0.1) is 23.8 Å². The minimum absolute atomic E-state index is 0.140. The summed E-state index contributed by atoms with van der Waals surface area (Å²) in [5.74, 6) is 0.415. The number of rotatable bonds is 5. The molecule has 0 radical (unpaired) electrons. The summed E-state index contributed by atoms with van der Waals surface area (Å²) in [4.78, 5) is 11.6. The summed E-state index contributed by atoms with van der Waals surface area (Å²) < 4.78 is 5.90. The first kappa shape index (κ1) is 14.3. The van der Waals surface area contributed by atoms with E-state index < -0.39 is 0 Å². The first-order chi connectivity index (χ1) is 8.08. The number of halogens is 2. The van der Waals surface area contributed by atoms with E-state index in [-0.39, 0.29) is 12.5 Å². The van der Waals surface area contributed by atoms with Gasteiger partial charge in [-0.05, 0) is 34.6 Å². The Hall–Kier alpha value is -0.780. The van der Waals surface area contributed by atoms with Crippen molar-refractivity contribution in [2.45, 2.75) is 6.92 Å². The standard InChI is InChI=1S/C11H14BrClN2O2/c1-3-14-6-10(16)15-9-5-7(13)4-8(12)11(9)17-2/h4-5,14H,3,6H2,1-2H3,(H,15,16). The summed E-state index contributed by atoms with van der Waals surface area (Å²) >= 11 is 9.24. The van der Waals surface area contributed by atoms with Crippen molar-refractivity contribution in [1.29, 1.82) is 0 Å². The molecular weight excluding hydrogens is 307 g/mol. The fourth-order valence-electron chi connectivity index (χ4n) is 1.29. The van der Waals surface area contributed by atoms with E-state index in [4.69, 9.17) is 16.3 Å². The molecule has 0 aliphatic carbocycles. The molecule has 1 amide bonds. The van der Waals surface area contributed by atoms with Crippen LogP contribution < -0.4 is 15.4 Å². The fraction of sp³-hybridized carbons (Fsp3) is 0.364. The second-order valence-electron chi connectivity index (χ2n) is 3.30. The van der Waals surface area contributed by atoms with Crippen LogP contribution in [-0.4, -0.2) is 26.1 Å². The van der Waals surface area contributed by atoms with Crippen LogP contribution in [0.15, 0.2) is 16.6 Å². The molecule has 2 N–H and O–H groups in total. The van der Waals surface area contributed by atoms with E-state index in [9.17, 15) is 4.79 Å². The van der Waals surface area contributed by atoms with Crippen molar-refractivity contribution in [3.63, 3.8) is 0 Å². The van der Waals surface area contributed by atoms with Gasteiger partial charge in [0.2, 0.25) is 5.91 Å². The molecule has 94 valence electrons. The number of anilines is 1. The molecule has 0 aliphatic rings. The van der Waals surface area contributed by atoms with Gasteiger partial charge in [0.1, 0.15) is 0 Å². The largest absolute Gasteiger partial charge is 0.493 e. The van der Waals surface area contributed by atoms with Crippen molar-refractivity contribution in [2.75, 3.05) is 25.5 Å². The van der Waals surface area contributed by atoms with Crippen LogP contribution >= 0.6 is 27.5 Å². The van der Waals surface area contributed by atoms with Gasteiger partial charge in [-0.2, -0.15) is 0 Å². The van der Waals surface area contributed by atoms with Gasteiger partial charge in [0.15, 0.2) is 5.75 Å². The number of hydrogen-bond acceptors (Lipinski definition) is 3. The molecule has 0 saturated carbocycles. The van der Waals surface area contributed by atoms with Crippen LogP contribution in [0, 0.1) is 0 Å². The summed E-state index contributed by atoms with van der Waals surface area (Å²) in [6.45, 7) is 2.93. The number of nitrogens with one attached hydrogen (secondary N) is 2. The van der Waals surface area contributed by atoms with Crippen molar-refractivity contribution in [3.8, 4) is 5.75 Å². The van der Waals surface area contributed by atoms with Gasteiger partial charge in [-0.3, -0.25) is 4.79 Å². The van der Waals surface area contributed by atoms with Crippen LogP contribution in [0.4, 0.5) is 5.69 Å². The summed E-state index contributed by atoms with van der Waals surface area (Å²) in [6, 6.07) is 3.36. The SMILES string of the molecule is CCNCC(=O)Nc1cc(Cl)cc(Br)c1OC. The van der Waals surface area contributed by atoms with Crippen molar-refractivity contribution < 1.29 is 9.53 Å². The molecule has 6 heteroatoms. The first-order valence-electron chi connectivity index (χ1n) is 5.12. The van der Waals surface area contributed by atoms with Crippen LogP contribution in [-0.2, 0) is 4.79 Å². The molecular formula is C11H14BrClN2O2. The molecule has 1 aromatic carbocycles. The van der Waals surface area contributed by atoms with Gasteiger partial charge in [-0.25, -0.2) is 0 Å². The monoisotopic (exact) mass is 320 g/mol. The highest BCUT2D eigenvalue weighted by atomic mass is 79.9. The number of amides is 1. The summed E-state index contributed by atoms with van der Waals surface area (Å²) in [5.41, 5.74) is 0.551. The Morgan fingerprint density at radius 1 is 1.53 bits per heavy atom. The molecule has 0 heterocycles. The predicted octanol–water partition coefficient (Wildman–Crippen LogP) is 2.66. The van der Waals surface area contributed by atoms with Crippen molar-refractivity contribution in [1.82, 2.24) is 5.32 Å². The highest BCUT2D eigenvalue weighted by Crippen LogP contribution is 2.36. The van der Waals surface area contributed by atoms with Crippen LogP contribution in [0.3, 0.4) is 0 Å². The van der Waals surface area contributed by atoms with Gasteiger partial charge >= 0.3 is 0 Å². The minimum atomic E-state index is -0.140. The Balaban J connectivity index is 2.85. The molecule has 4 nitrogen and oxygen atoms in total. The topological polar surface area (TPSA) is 50.4 Å². The van der Waals surface area contributed by atoms with E-state index in [1.165, 1.54) is 7.11 Å². The van der Waals surface area contributed by atoms with Gasteiger partial charge in [0, 0.05) is 5.02 Å². The minimum Gasteiger partial charge on any atom is -0.493 e. The van der Waals surface area contributed by atoms with E-state index >= 15 is 0 Å². The van der Waals surface area contributed by atoms with Crippen LogP contribution in [0.25, 0.3) is 0 Å². The zero-order valence-corrected chi connectivity index (χ0v) is 12.0. The normalized spacial score (nSPS) is 10.1. The molecule has 0 aromatic heterocycles. The van der Waals surface area contributed by atoms with E-state index in [1.54, 1.807) is 12.1 Å². The van der Waals surface area contributed by atoms with Crippen molar-refractivity contribution >= 4 is 39.1 Å². The molecule has 0 unspecified atom stereocenters. The first-order valence-corrected chi connectivity index (χ1v) is 6.29. The molecule has 0 fully saturated rings. The predicted molar refractivity (Wildman–Crippen MR) is 72.9 cm³/mol. The van der Waals surface area contributed by atoms with E-state index in [1.807, 2.05) is 6.92 Å². The zero-order chi connectivity index (χ0) is 12.8. The maximum absolute atomic E-state index is 11.6. The summed E-state index contributed by atoms with van der Waals surface area (Å²) in [7, 11) is 1.54. The van der Waals surface area contributed by atoms with Crippen LogP contribution in [0.2, 0.25) is 5.02 Å². The van der Waals surface area contributed by atoms with Crippen LogP contribution in [0.5, 0.6) is 5.75 Å². The van der Waals surface area contributed by atoms with Gasteiger partial charge < -0.3 is 15.4 Å². The van der Waals surface area contributed by atoms with Gasteiger partial charge in [-0.1, -0.05) is 18.5 Å². The Morgan fingerprint density at radius 3 is 2.82 bits per heavy atom. The Morgan fingerprint density at radius 2 is 2.24 bits per heavy atom. The third-order valence-electron chi connectivity index (χ3n) is 2.02. The second kappa shape index (κ2) is 6.83. The average molecular weight is 322 g/mol. The van der Waals surface area contributed by atoms with Crippen LogP contribution in [0.1, 0.15) is 6.92 Å². The van der Waals surface area contributed by atoms with Crippen molar-refractivity contribution in [3.05, 3.63) is 21.6 Å². The number of carbonyl (C=O) groups excluding carboxylic acids is 1. The average Bonchev–Trinajstić information content (AvgIpc) is 2.25. The molecule has 0 saturated heterocycles. The number of carbonyl (C=O) groups is 1. The zero-order valence-electron chi connectivity index (χ0n) is 9.64. The highest BCUT2D eigenvalue weighted by molar-refractivity contribution is 9.10. The Bertz CT molecular complexity index is 413. The summed E-state index contributed by atoms with van der Waals surface area (Å²) in [6.07, 6.45) is 0. The number of likely N-dealkylation sites (N-methyl/N-ethyl adjacent to an activating group) is 1. The van der Waals surface area contributed by atoms with Gasteiger partial charge in [0.25, 0.3) is 0 Å². The number of hydrogen-bond donors (Lipinski definition) is 2. The maximum atomic E-state index is 11.6. The van der Waals surface area contributed by atoms with Crippen molar-refractivity contribution in [2.24, 2.45) is 0 Å². The molecule has 17 heavy (non-hydrogen) atoms. The Kier molecular flexibility index (Phi) is 5.74. The number of benzene rings is 1. The fourth-order valence-corrected chi connectivity index (χ4v) is 2.27. The quantitative estimate of drug-likeness (QED) is 0.876. The lowest BCUT2D eigenvalue weighted by atomic mass is 10.3. The Labute approximate surface area is 114 Å². The lowest BCUT2D eigenvalue weighted by Gasteiger charge is -2.12. The molecule has 1 aromatic rings. The lowest BCUT2D eigenvalue weighted by Crippen LogP contribution is -2.27. The second-order valence-corrected chi connectivity index (χ2v) is 4.59. The molecule has 0 bridgehead atoms. The highest BCUT2D eigenvalue weighted by Gasteiger charge is 2.11. The third-order valence-corrected chi connectivity index (χ3v) is 2.83. The number of ether oxygens (including phenoxy) is 1. The van der Waals surface area contributed by atoms with Gasteiger partial charge in [-0.15, -0.1) is 0 Å². The maximum Gasteiger partial charge on any atom is 0.238 e. The smallest absolute Gasteiger partial charge is 0.238 e. The van der Waals surface area contributed by atoms with E-state index in [0.717, 1.165) is 6.54 Å². The third kappa shape index (κ3) is 4.18. The molecule has 0 spiro atoms. The molecule has 0 atom stereocenters. The van der Waals surface area contributed by atoms with E-state index in [2.05, 4.69) is 26.6 Å². The molecule has 1 rings (SSSR count). The molecule has 0 aliphatic heterocycles. The lowest BCUT2D eigenvalue weighted by molar-refractivity contribution is -0.115.